The highest BCUT2D eigenvalue weighted by molar-refractivity contribution is 7.15. The average molecular weight is 449 g/mol. The minimum atomic E-state index is -0.161. The predicted octanol–water partition coefficient (Wildman–Crippen LogP) is 3.57. The third kappa shape index (κ3) is 4.15. The van der Waals surface area contributed by atoms with Crippen molar-refractivity contribution in [3.05, 3.63) is 65.2 Å². The average Bonchev–Trinajstić information content (AvgIpc) is 3.54. The largest absolute Gasteiger partial charge is 0.497 e. The normalized spacial score (nSPS) is 12.5. The zero-order valence-corrected chi connectivity index (χ0v) is 18.1. The minimum absolute atomic E-state index is 0.161. The van der Waals surface area contributed by atoms with E-state index in [1.807, 2.05) is 52.4 Å². The SMILES string of the molecule is COc1ccc(-c2nc3scc(CCNC(=O)/C=C/c4ccc5c(c4)OCO5)n3n2)cc1. The van der Waals surface area contributed by atoms with Crippen LogP contribution < -0.4 is 19.5 Å². The van der Waals surface area contributed by atoms with Crippen LogP contribution in [0.5, 0.6) is 17.2 Å². The first-order valence-electron chi connectivity index (χ1n) is 10.0. The number of methoxy groups -OCH3 is 1. The van der Waals surface area contributed by atoms with Crippen molar-refractivity contribution in [2.45, 2.75) is 6.42 Å². The fourth-order valence-electron chi connectivity index (χ4n) is 3.32. The summed E-state index contributed by atoms with van der Waals surface area (Å²) >= 11 is 1.53. The van der Waals surface area contributed by atoms with Crippen LogP contribution >= 0.6 is 11.3 Å². The van der Waals surface area contributed by atoms with E-state index in [1.54, 1.807) is 13.2 Å². The number of ether oxygens (including phenoxy) is 3. The number of nitrogens with zero attached hydrogens (tertiary/aromatic N) is 3. The first kappa shape index (κ1) is 20.1. The van der Waals surface area contributed by atoms with Gasteiger partial charge in [-0.15, -0.1) is 16.4 Å². The summed E-state index contributed by atoms with van der Waals surface area (Å²) in [6.07, 6.45) is 3.91. The van der Waals surface area contributed by atoms with Crippen molar-refractivity contribution in [3.8, 4) is 28.6 Å². The number of nitrogens with one attached hydrogen (secondary N) is 1. The molecule has 0 aliphatic carbocycles. The Morgan fingerprint density at radius 2 is 2.06 bits per heavy atom. The second kappa shape index (κ2) is 8.72. The Labute approximate surface area is 188 Å². The van der Waals surface area contributed by atoms with Crippen LogP contribution in [0, 0.1) is 0 Å². The van der Waals surface area contributed by atoms with Gasteiger partial charge in [-0.2, -0.15) is 4.98 Å². The van der Waals surface area contributed by atoms with Crippen LogP contribution in [0.2, 0.25) is 0 Å². The molecule has 8 nitrogen and oxygen atoms in total. The van der Waals surface area contributed by atoms with E-state index < -0.39 is 0 Å². The topological polar surface area (TPSA) is 87.0 Å². The second-order valence-corrected chi connectivity index (χ2v) is 7.91. The second-order valence-electron chi connectivity index (χ2n) is 7.07. The number of hydrogen-bond donors (Lipinski definition) is 1. The van der Waals surface area contributed by atoms with Gasteiger partial charge < -0.3 is 19.5 Å². The highest BCUT2D eigenvalue weighted by Crippen LogP contribution is 2.32. The summed E-state index contributed by atoms with van der Waals surface area (Å²) in [5.74, 6) is 2.70. The monoisotopic (exact) mass is 448 g/mol. The van der Waals surface area contributed by atoms with Crippen molar-refractivity contribution >= 4 is 28.3 Å². The smallest absolute Gasteiger partial charge is 0.244 e. The van der Waals surface area contributed by atoms with Crippen molar-refractivity contribution in [1.82, 2.24) is 19.9 Å². The molecule has 2 aromatic carbocycles. The van der Waals surface area contributed by atoms with Crippen LogP contribution in [0.25, 0.3) is 22.4 Å². The van der Waals surface area contributed by atoms with E-state index in [0.29, 0.717) is 24.5 Å². The third-order valence-corrected chi connectivity index (χ3v) is 5.87. The molecule has 0 saturated carbocycles. The number of aromatic nitrogens is 3. The van der Waals surface area contributed by atoms with Crippen LogP contribution in [0.3, 0.4) is 0 Å². The lowest BCUT2D eigenvalue weighted by molar-refractivity contribution is -0.116. The molecule has 1 aliphatic heterocycles. The molecule has 9 heteroatoms. The van der Waals surface area contributed by atoms with Crippen LogP contribution in [0.4, 0.5) is 0 Å². The van der Waals surface area contributed by atoms with E-state index >= 15 is 0 Å². The molecule has 0 bridgehead atoms. The Bertz CT molecular complexity index is 1290. The lowest BCUT2D eigenvalue weighted by atomic mass is 10.2. The molecule has 0 fully saturated rings. The van der Waals surface area contributed by atoms with E-state index in [9.17, 15) is 4.79 Å². The Morgan fingerprint density at radius 1 is 1.22 bits per heavy atom. The van der Waals surface area contributed by atoms with Crippen molar-refractivity contribution in [2.75, 3.05) is 20.4 Å². The van der Waals surface area contributed by atoms with Crippen LogP contribution in [0.1, 0.15) is 11.3 Å². The van der Waals surface area contributed by atoms with E-state index in [-0.39, 0.29) is 12.7 Å². The van der Waals surface area contributed by atoms with Gasteiger partial charge in [0.1, 0.15) is 5.75 Å². The fraction of sp³-hybridized carbons (Fsp3) is 0.174. The number of fused-ring (bicyclic) bond motifs is 2. The van der Waals surface area contributed by atoms with Crippen LogP contribution in [0.15, 0.2) is 53.9 Å². The molecule has 1 amide bonds. The summed E-state index contributed by atoms with van der Waals surface area (Å²) in [5.41, 5.74) is 2.80. The van der Waals surface area contributed by atoms with E-state index in [0.717, 1.165) is 33.3 Å². The number of carbonyl (C=O) groups excluding carboxylic acids is 1. The minimum Gasteiger partial charge on any atom is -0.497 e. The third-order valence-electron chi connectivity index (χ3n) is 5.00. The van der Waals surface area contributed by atoms with Gasteiger partial charge in [0.15, 0.2) is 17.3 Å². The summed E-state index contributed by atoms with van der Waals surface area (Å²) in [6.45, 7) is 0.722. The molecule has 3 heterocycles. The molecule has 32 heavy (non-hydrogen) atoms. The van der Waals surface area contributed by atoms with E-state index in [4.69, 9.17) is 14.2 Å². The van der Waals surface area contributed by atoms with E-state index in [2.05, 4.69) is 15.4 Å². The quantitative estimate of drug-likeness (QED) is 0.435. The number of hydrogen-bond acceptors (Lipinski definition) is 7. The molecule has 4 aromatic rings. The standard InChI is InChI=1S/C23H20N4O4S/c1-29-18-6-4-16(5-7-18)22-25-23-27(26-22)17(13-32-23)10-11-24-21(28)9-3-15-2-8-19-20(12-15)31-14-30-19/h2-9,12-13H,10-11,14H2,1H3,(H,24,28)/b9-3+. The van der Waals surface area contributed by atoms with Crippen molar-refractivity contribution in [3.63, 3.8) is 0 Å². The Hall–Kier alpha value is -3.85. The molecule has 162 valence electrons. The van der Waals surface area contributed by atoms with Gasteiger partial charge in [-0.1, -0.05) is 6.07 Å². The lowest BCUT2D eigenvalue weighted by Crippen LogP contribution is -2.23. The Balaban J connectivity index is 1.19. The molecule has 1 N–H and O–H groups in total. The molecule has 0 spiro atoms. The predicted molar refractivity (Wildman–Crippen MR) is 121 cm³/mol. The maximum Gasteiger partial charge on any atom is 0.244 e. The van der Waals surface area contributed by atoms with Gasteiger partial charge in [0.25, 0.3) is 0 Å². The number of benzene rings is 2. The Morgan fingerprint density at radius 3 is 2.91 bits per heavy atom. The molecule has 0 unspecified atom stereocenters. The van der Waals surface area contributed by atoms with Crippen molar-refractivity contribution in [1.29, 1.82) is 0 Å². The van der Waals surface area contributed by atoms with Gasteiger partial charge in [-0.25, -0.2) is 4.52 Å². The molecule has 0 radical (unpaired) electrons. The number of carbonyl (C=O) groups is 1. The zero-order valence-electron chi connectivity index (χ0n) is 17.3. The number of amides is 1. The molecular formula is C23H20N4O4S. The van der Waals surface area contributed by atoms with Gasteiger partial charge in [0.05, 0.1) is 12.8 Å². The highest BCUT2D eigenvalue weighted by atomic mass is 32.1. The van der Waals surface area contributed by atoms with Gasteiger partial charge in [-0.05, 0) is 48.0 Å². The van der Waals surface area contributed by atoms with Crippen molar-refractivity contribution < 1.29 is 19.0 Å². The summed E-state index contributed by atoms with van der Waals surface area (Å²) in [4.78, 5) is 17.6. The van der Waals surface area contributed by atoms with Gasteiger partial charge >= 0.3 is 0 Å². The molecule has 2 aromatic heterocycles. The maximum atomic E-state index is 12.2. The van der Waals surface area contributed by atoms with Gasteiger partial charge in [0.2, 0.25) is 17.7 Å². The molecule has 0 atom stereocenters. The molecule has 5 rings (SSSR count). The maximum absolute atomic E-state index is 12.2. The molecular weight excluding hydrogens is 428 g/mol. The zero-order chi connectivity index (χ0) is 21.9. The molecule has 1 aliphatic rings. The van der Waals surface area contributed by atoms with E-state index in [1.165, 1.54) is 17.4 Å². The summed E-state index contributed by atoms with van der Waals surface area (Å²) in [7, 11) is 1.64. The lowest BCUT2D eigenvalue weighted by Gasteiger charge is -2.02. The summed E-state index contributed by atoms with van der Waals surface area (Å²) < 4.78 is 17.7. The Kier molecular flexibility index (Phi) is 5.47. The van der Waals surface area contributed by atoms with Crippen LogP contribution in [-0.4, -0.2) is 41.0 Å². The first-order chi connectivity index (χ1) is 15.7. The van der Waals surface area contributed by atoms with Crippen molar-refractivity contribution in [2.24, 2.45) is 0 Å². The van der Waals surface area contributed by atoms with Gasteiger partial charge in [-0.3, -0.25) is 4.79 Å². The highest BCUT2D eigenvalue weighted by Gasteiger charge is 2.13. The first-order valence-corrected chi connectivity index (χ1v) is 10.9. The van der Waals surface area contributed by atoms with Gasteiger partial charge in [0, 0.05) is 30.0 Å². The number of rotatable bonds is 7. The summed E-state index contributed by atoms with van der Waals surface area (Å²) in [6, 6.07) is 13.2. The molecule has 0 saturated heterocycles. The van der Waals surface area contributed by atoms with Crippen LogP contribution in [-0.2, 0) is 11.2 Å². The number of thiazole rings is 1. The summed E-state index contributed by atoms with van der Waals surface area (Å²) in [5, 5.41) is 9.55. The fourth-order valence-corrected chi connectivity index (χ4v) is 4.18.